The molecule has 0 saturated heterocycles. The summed E-state index contributed by atoms with van der Waals surface area (Å²) in [6, 6.07) is 6.76. The highest BCUT2D eigenvalue weighted by Gasteiger charge is 2.15. The van der Waals surface area contributed by atoms with Gasteiger partial charge in [-0.15, -0.1) is 21.5 Å². The SMILES string of the molecule is Cc1nc(C)c(-c2ccc(SCC(=O)Nc3ccc(F)c([N+](=O)[O-])c3)nn2)s1. The van der Waals surface area contributed by atoms with Crippen molar-refractivity contribution >= 4 is 40.4 Å². The topological polar surface area (TPSA) is 111 Å². The number of thioether (sulfide) groups is 1. The summed E-state index contributed by atoms with van der Waals surface area (Å²) in [4.78, 5) is 27.3. The van der Waals surface area contributed by atoms with Gasteiger partial charge >= 0.3 is 5.69 Å². The number of halogens is 1. The lowest BCUT2D eigenvalue weighted by molar-refractivity contribution is -0.387. The molecular weight excluding hydrogens is 405 g/mol. The van der Waals surface area contributed by atoms with Crippen LogP contribution in [0.15, 0.2) is 35.4 Å². The molecule has 8 nitrogen and oxygen atoms in total. The second kappa shape index (κ2) is 8.40. The highest BCUT2D eigenvalue weighted by atomic mass is 32.2. The molecule has 2 aromatic heterocycles. The third-order valence-electron chi connectivity index (χ3n) is 3.55. The maximum absolute atomic E-state index is 13.3. The lowest BCUT2D eigenvalue weighted by atomic mass is 10.2. The summed E-state index contributed by atoms with van der Waals surface area (Å²) in [6.45, 7) is 3.83. The van der Waals surface area contributed by atoms with Crippen LogP contribution in [0.4, 0.5) is 15.8 Å². The highest BCUT2D eigenvalue weighted by molar-refractivity contribution is 7.99. The van der Waals surface area contributed by atoms with Crippen molar-refractivity contribution in [3.63, 3.8) is 0 Å². The summed E-state index contributed by atoms with van der Waals surface area (Å²) < 4.78 is 13.3. The third-order valence-corrected chi connectivity index (χ3v) is 5.57. The van der Waals surface area contributed by atoms with Gasteiger partial charge in [0.2, 0.25) is 11.7 Å². The normalized spacial score (nSPS) is 10.7. The first kappa shape index (κ1) is 19.8. The van der Waals surface area contributed by atoms with E-state index in [-0.39, 0.29) is 11.4 Å². The van der Waals surface area contributed by atoms with E-state index in [9.17, 15) is 19.3 Å². The first-order valence-corrected chi connectivity index (χ1v) is 9.78. The Balaban J connectivity index is 1.60. The molecule has 0 unspecified atom stereocenters. The molecule has 11 heteroatoms. The molecule has 1 aromatic carbocycles. The largest absolute Gasteiger partial charge is 0.325 e. The molecule has 28 heavy (non-hydrogen) atoms. The summed E-state index contributed by atoms with van der Waals surface area (Å²) in [5.74, 6) is -1.33. The Morgan fingerprint density at radius 2 is 2.07 bits per heavy atom. The summed E-state index contributed by atoms with van der Waals surface area (Å²) >= 11 is 2.71. The van der Waals surface area contributed by atoms with Crippen molar-refractivity contribution in [2.75, 3.05) is 11.1 Å². The number of nitro groups is 1. The van der Waals surface area contributed by atoms with Crippen LogP contribution in [-0.2, 0) is 4.79 Å². The van der Waals surface area contributed by atoms with Gasteiger partial charge in [-0.25, -0.2) is 4.98 Å². The van der Waals surface area contributed by atoms with Crippen molar-refractivity contribution in [1.29, 1.82) is 0 Å². The Kier molecular flexibility index (Phi) is 5.95. The van der Waals surface area contributed by atoms with E-state index in [4.69, 9.17) is 0 Å². The van der Waals surface area contributed by atoms with Crippen molar-refractivity contribution in [2.24, 2.45) is 0 Å². The highest BCUT2D eigenvalue weighted by Crippen LogP contribution is 2.28. The fraction of sp³-hybridized carbons (Fsp3) is 0.176. The van der Waals surface area contributed by atoms with E-state index in [2.05, 4.69) is 20.5 Å². The number of benzene rings is 1. The van der Waals surface area contributed by atoms with E-state index in [1.54, 1.807) is 6.07 Å². The van der Waals surface area contributed by atoms with E-state index >= 15 is 0 Å². The van der Waals surface area contributed by atoms with E-state index in [0.717, 1.165) is 33.4 Å². The van der Waals surface area contributed by atoms with Gasteiger partial charge in [0.25, 0.3) is 0 Å². The number of amides is 1. The molecule has 0 saturated carbocycles. The van der Waals surface area contributed by atoms with Gasteiger partial charge < -0.3 is 5.32 Å². The van der Waals surface area contributed by atoms with Crippen molar-refractivity contribution in [3.05, 3.63) is 57.0 Å². The summed E-state index contributed by atoms with van der Waals surface area (Å²) in [7, 11) is 0. The number of aryl methyl sites for hydroxylation is 2. The minimum atomic E-state index is -0.959. The van der Waals surface area contributed by atoms with Crippen LogP contribution in [0.5, 0.6) is 0 Å². The fourth-order valence-corrected chi connectivity index (χ4v) is 3.85. The van der Waals surface area contributed by atoms with Crippen molar-refractivity contribution < 1.29 is 14.1 Å². The van der Waals surface area contributed by atoms with Crippen LogP contribution in [0.2, 0.25) is 0 Å². The Bertz CT molecular complexity index is 1040. The Labute approximate surface area is 167 Å². The van der Waals surface area contributed by atoms with Crippen LogP contribution >= 0.6 is 23.1 Å². The number of thiazole rings is 1. The Morgan fingerprint density at radius 1 is 1.29 bits per heavy atom. The fourth-order valence-electron chi connectivity index (χ4n) is 2.35. The number of hydrogen-bond acceptors (Lipinski definition) is 8. The Morgan fingerprint density at radius 3 is 2.68 bits per heavy atom. The molecule has 2 heterocycles. The number of anilines is 1. The lowest BCUT2D eigenvalue weighted by Crippen LogP contribution is -2.14. The molecule has 0 aliphatic carbocycles. The van der Waals surface area contributed by atoms with Crippen molar-refractivity contribution in [3.8, 4) is 10.6 Å². The predicted octanol–water partition coefficient (Wildman–Crippen LogP) is 4.00. The van der Waals surface area contributed by atoms with Crippen LogP contribution in [0, 0.1) is 29.8 Å². The minimum absolute atomic E-state index is 0.0257. The van der Waals surface area contributed by atoms with Gasteiger partial charge in [0, 0.05) is 11.8 Å². The van der Waals surface area contributed by atoms with Crippen molar-refractivity contribution in [2.45, 2.75) is 18.9 Å². The van der Waals surface area contributed by atoms with E-state index in [1.165, 1.54) is 29.2 Å². The molecule has 0 radical (unpaired) electrons. The number of rotatable bonds is 6. The van der Waals surface area contributed by atoms with E-state index in [0.29, 0.717) is 5.03 Å². The van der Waals surface area contributed by atoms with Gasteiger partial charge in [-0.1, -0.05) is 11.8 Å². The van der Waals surface area contributed by atoms with Crippen LogP contribution in [0.25, 0.3) is 10.6 Å². The molecule has 3 aromatic rings. The van der Waals surface area contributed by atoms with Gasteiger partial charge in [-0.2, -0.15) is 4.39 Å². The molecule has 0 spiro atoms. The molecule has 0 bridgehead atoms. The molecule has 0 fully saturated rings. The number of aromatic nitrogens is 3. The zero-order chi connectivity index (χ0) is 20.3. The minimum Gasteiger partial charge on any atom is -0.325 e. The molecule has 1 N–H and O–H groups in total. The second-order valence-corrected chi connectivity index (χ2v) is 7.86. The standard InChI is InChI=1S/C17H14FN5O3S2/c1-9-17(28-10(2)19-9)13-5-6-16(22-21-13)27-8-15(24)20-11-3-4-12(18)14(7-11)23(25)26/h3-7H,8H2,1-2H3,(H,20,24). The molecule has 0 aliphatic rings. The second-order valence-electron chi connectivity index (χ2n) is 5.66. The molecule has 0 aliphatic heterocycles. The monoisotopic (exact) mass is 419 g/mol. The van der Waals surface area contributed by atoms with E-state index in [1.807, 2.05) is 19.9 Å². The number of hydrogen-bond donors (Lipinski definition) is 1. The predicted molar refractivity (Wildman–Crippen MR) is 105 cm³/mol. The number of nitrogens with one attached hydrogen (secondary N) is 1. The molecule has 144 valence electrons. The average molecular weight is 419 g/mol. The van der Waals surface area contributed by atoms with E-state index < -0.39 is 22.3 Å². The third kappa shape index (κ3) is 4.67. The quantitative estimate of drug-likeness (QED) is 0.365. The van der Waals surface area contributed by atoms with Crippen LogP contribution in [-0.4, -0.2) is 31.8 Å². The number of carbonyl (C=O) groups is 1. The number of carbonyl (C=O) groups excluding carboxylic acids is 1. The summed E-state index contributed by atoms with van der Waals surface area (Å²) in [6.07, 6.45) is 0. The van der Waals surface area contributed by atoms with Crippen LogP contribution < -0.4 is 5.32 Å². The first-order chi connectivity index (χ1) is 13.3. The molecule has 3 rings (SSSR count). The zero-order valence-corrected chi connectivity index (χ0v) is 16.4. The van der Waals surface area contributed by atoms with Gasteiger partial charge in [-0.05, 0) is 38.1 Å². The van der Waals surface area contributed by atoms with Crippen LogP contribution in [0.3, 0.4) is 0 Å². The molecule has 0 atom stereocenters. The zero-order valence-electron chi connectivity index (χ0n) is 14.8. The van der Waals surface area contributed by atoms with Gasteiger partial charge in [0.05, 0.1) is 26.3 Å². The van der Waals surface area contributed by atoms with Gasteiger partial charge in [0.15, 0.2) is 0 Å². The summed E-state index contributed by atoms with van der Waals surface area (Å²) in [5.41, 5.74) is 1.07. The van der Waals surface area contributed by atoms with Crippen molar-refractivity contribution in [1.82, 2.24) is 15.2 Å². The molecular formula is C17H14FN5O3S2. The average Bonchev–Trinajstić information content (AvgIpc) is 3.00. The van der Waals surface area contributed by atoms with Gasteiger partial charge in [0.1, 0.15) is 10.7 Å². The Hall–Kier alpha value is -2.92. The molecule has 1 amide bonds. The van der Waals surface area contributed by atoms with Crippen LogP contribution in [0.1, 0.15) is 10.7 Å². The maximum atomic E-state index is 13.3. The summed E-state index contributed by atoms with van der Waals surface area (Å²) in [5, 5.41) is 23.0. The smallest absolute Gasteiger partial charge is 0.306 e. The van der Waals surface area contributed by atoms with Gasteiger partial charge in [-0.3, -0.25) is 14.9 Å². The lowest BCUT2D eigenvalue weighted by Gasteiger charge is -2.05. The first-order valence-electron chi connectivity index (χ1n) is 7.98. The maximum Gasteiger partial charge on any atom is 0.306 e. The number of nitro benzene ring substituents is 1. The number of nitrogens with zero attached hydrogens (tertiary/aromatic N) is 4.